The first kappa shape index (κ1) is 13.5. The van der Waals surface area contributed by atoms with E-state index < -0.39 is 6.10 Å². The summed E-state index contributed by atoms with van der Waals surface area (Å²) in [5.41, 5.74) is 5.66. The average Bonchev–Trinajstić information content (AvgIpc) is 3.31. The summed E-state index contributed by atoms with van der Waals surface area (Å²) in [5, 5.41) is 10.7. The number of pyridine rings is 1. The zero-order valence-electron chi connectivity index (χ0n) is 12.8. The molecular formula is C19H15N3O2. The van der Waals surface area contributed by atoms with Gasteiger partial charge in [0.2, 0.25) is 0 Å². The minimum absolute atomic E-state index is 0.0653. The van der Waals surface area contributed by atoms with E-state index in [1.54, 1.807) is 6.26 Å². The summed E-state index contributed by atoms with van der Waals surface area (Å²) in [6.45, 7) is 0. The number of imidazole rings is 1. The highest BCUT2D eigenvalue weighted by atomic mass is 16.3. The van der Waals surface area contributed by atoms with Gasteiger partial charge in [0.15, 0.2) is 5.58 Å². The molecule has 0 saturated heterocycles. The van der Waals surface area contributed by atoms with E-state index in [9.17, 15) is 5.11 Å². The van der Waals surface area contributed by atoms with Crippen molar-refractivity contribution in [3.63, 3.8) is 0 Å². The van der Waals surface area contributed by atoms with E-state index in [1.807, 2.05) is 42.9 Å². The lowest BCUT2D eigenvalue weighted by Gasteiger charge is -2.18. The normalized spacial score (nSPS) is 17.0. The average molecular weight is 317 g/mol. The molecule has 1 aliphatic heterocycles. The number of benzene rings is 1. The summed E-state index contributed by atoms with van der Waals surface area (Å²) in [6, 6.07) is 13.8. The second-order valence-corrected chi connectivity index (χ2v) is 6.08. The minimum atomic E-state index is -0.657. The van der Waals surface area contributed by atoms with Crippen LogP contribution in [0.15, 0.2) is 65.7 Å². The Balaban J connectivity index is 1.51. The number of hydrogen-bond donors (Lipinski definition) is 1. The van der Waals surface area contributed by atoms with Crippen LogP contribution in [0.4, 0.5) is 0 Å². The van der Waals surface area contributed by atoms with Crippen LogP contribution < -0.4 is 0 Å². The van der Waals surface area contributed by atoms with E-state index in [1.165, 1.54) is 11.1 Å². The molecule has 0 radical (unpaired) electrons. The van der Waals surface area contributed by atoms with Gasteiger partial charge in [0.05, 0.1) is 42.3 Å². The molecule has 24 heavy (non-hydrogen) atoms. The number of fused-ring (bicyclic) bond motifs is 4. The molecule has 4 aromatic rings. The molecule has 4 heterocycles. The fourth-order valence-electron chi connectivity index (χ4n) is 3.56. The smallest absolute Gasteiger partial charge is 0.152 e. The van der Waals surface area contributed by atoms with Crippen molar-refractivity contribution in [2.24, 2.45) is 0 Å². The van der Waals surface area contributed by atoms with Gasteiger partial charge in [0.1, 0.15) is 5.52 Å². The van der Waals surface area contributed by atoms with Crippen LogP contribution in [0.2, 0.25) is 0 Å². The largest absolute Gasteiger partial charge is 0.463 e. The molecule has 5 rings (SSSR count). The van der Waals surface area contributed by atoms with Crippen LogP contribution in [0.5, 0.6) is 0 Å². The third kappa shape index (κ3) is 1.91. The third-order valence-corrected chi connectivity index (χ3v) is 4.71. The molecule has 5 nitrogen and oxygen atoms in total. The summed E-state index contributed by atoms with van der Waals surface area (Å²) in [6.07, 6.45) is 5.21. The molecule has 0 saturated carbocycles. The van der Waals surface area contributed by atoms with Crippen molar-refractivity contribution in [3.05, 3.63) is 72.5 Å². The maximum absolute atomic E-state index is 10.7. The van der Waals surface area contributed by atoms with Gasteiger partial charge in [-0.3, -0.25) is 0 Å². The van der Waals surface area contributed by atoms with E-state index in [-0.39, 0.29) is 6.04 Å². The van der Waals surface area contributed by atoms with Crippen molar-refractivity contribution in [2.45, 2.75) is 18.6 Å². The fourth-order valence-corrected chi connectivity index (χ4v) is 3.56. The Morgan fingerprint density at radius 2 is 2.08 bits per heavy atom. The standard InChI is InChI=1S/C19H15N3O2/c23-18(14-5-6-19-15(21-14)7-8-24-19)9-16-12-3-1-2-4-13(12)17-10-20-11-22(16)17/h1-8,10-11,16,18,23H,9H2. The first-order valence-electron chi connectivity index (χ1n) is 7.94. The highest BCUT2D eigenvalue weighted by Gasteiger charge is 2.30. The molecule has 1 aliphatic rings. The Bertz CT molecular complexity index is 1030. The van der Waals surface area contributed by atoms with Gasteiger partial charge in [-0.15, -0.1) is 0 Å². The topological polar surface area (TPSA) is 64.1 Å². The first-order chi connectivity index (χ1) is 11.8. The lowest BCUT2D eigenvalue weighted by atomic mass is 9.97. The molecule has 3 aromatic heterocycles. The number of aliphatic hydroxyl groups is 1. The van der Waals surface area contributed by atoms with Crippen LogP contribution in [-0.4, -0.2) is 19.6 Å². The quantitative estimate of drug-likeness (QED) is 0.625. The Morgan fingerprint density at radius 3 is 3.04 bits per heavy atom. The van der Waals surface area contributed by atoms with E-state index in [2.05, 4.69) is 26.7 Å². The number of nitrogens with zero attached hydrogens (tertiary/aromatic N) is 3. The van der Waals surface area contributed by atoms with Crippen molar-refractivity contribution < 1.29 is 9.52 Å². The van der Waals surface area contributed by atoms with Gasteiger partial charge in [0.25, 0.3) is 0 Å². The molecule has 0 fully saturated rings. The molecule has 0 amide bonds. The van der Waals surface area contributed by atoms with Gasteiger partial charge in [-0.25, -0.2) is 9.97 Å². The second kappa shape index (κ2) is 5.04. The molecule has 2 unspecified atom stereocenters. The Hall–Kier alpha value is -2.92. The van der Waals surface area contributed by atoms with Crippen LogP contribution in [0, 0.1) is 0 Å². The zero-order valence-corrected chi connectivity index (χ0v) is 12.8. The molecular weight excluding hydrogens is 302 g/mol. The van der Waals surface area contributed by atoms with Crippen LogP contribution in [0.25, 0.3) is 22.4 Å². The highest BCUT2D eigenvalue weighted by molar-refractivity contribution is 5.72. The zero-order chi connectivity index (χ0) is 16.1. The molecule has 0 bridgehead atoms. The van der Waals surface area contributed by atoms with Crippen molar-refractivity contribution in [1.82, 2.24) is 14.5 Å². The molecule has 5 heteroatoms. The summed E-state index contributed by atoms with van der Waals surface area (Å²) >= 11 is 0. The van der Waals surface area contributed by atoms with E-state index in [4.69, 9.17) is 4.42 Å². The van der Waals surface area contributed by atoms with Crippen molar-refractivity contribution >= 4 is 11.1 Å². The molecule has 0 aliphatic carbocycles. The summed E-state index contributed by atoms with van der Waals surface area (Å²) in [5.74, 6) is 0. The summed E-state index contributed by atoms with van der Waals surface area (Å²) in [7, 11) is 0. The van der Waals surface area contributed by atoms with Crippen LogP contribution in [0.1, 0.15) is 29.8 Å². The van der Waals surface area contributed by atoms with Crippen molar-refractivity contribution in [3.8, 4) is 11.3 Å². The number of hydrogen-bond acceptors (Lipinski definition) is 4. The predicted octanol–water partition coefficient (Wildman–Crippen LogP) is 3.72. The Labute approximate surface area is 138 Å². The second-order valence-electron chi connectivity index (χ2n) is 6.08. The van der Waals surface area contributed by atoms with E-state index in [0.717, 1.165) is 16.8 Å². The van der Waals surface area contributed by atoms with E-state index >= 15 is 0 Å². The minimum Gasteiger partial charge on any atom is -0.463 e. The lowest BCUT2D eigenvalue weighted by Crippen LogP contribution is -2.11. The van der Waals surface area contributed by atoms with Crippen molar-refractivity contribution in [2.75, 3.05) is 0 Å². The molecule has 2 atom stereocenters. The van der Waals surface area contributed by atoms with Gasteiger partial charge in [-0.1, -0.05) is 24.3 Å². The monoisotopic (exact) mass is 317 g/mol. The number of aliphatic hydroxyl groups excluding tert-OH is 1. The molecule has 1 N–H and O–H groups in total. The van der Waals surface area contributed by atoms with E-state index in [0.29, 0.717) is 12.1 Å². The van der Waals surface area contributed by atoms with Crippen LogP contribution in [0.3, 0.4) is 0 Å². The molecule has 0 spiro atoms. The molecule has 118 valence electrons. The number of rotatable bonds is 3. The lowest BCUT2D eigenvalue weighted by molar-refractivity contribution is 0.149. The number of furan rings is 1. The fraction of sp³-hybridized carbons (Fsp3) is 0.158. The SMILES string of the molecule is OC(CC1c2ccccc2-c2cncn21)c1ccc2occc2n1. The maximum Gasteiger partial charge on any atom is 0.152 e. The first-order valence-corrected chi connectivity index (χ1v) is 7.94. The van der Waals surface area contributed by atoms with Crippen molar-refractivity contribution in [1.29, 1.82) is 0 Å². The van der Waals surface area contributed by atoms with Crippen LogP contribution >= 0.6 is 0 Å². The Kier molecular flexibility index (Phi) is 2.84. The predicted molar refractivity (Wildman–Crippen MR) is 89.4 cm³/mol. The Morgan fingerprint density at radius 1 is 1.17 bits per heavy atom. The van der Waals surface area contributed by atoms with Gasteiger partial charge in [0, 0.05) is 18.1 Å². The maximum atomic E-state index is 10.7. The van der Waals surface area contributed by atoms with Gasteiger partial charge >= 0.3 is 0 Å². The molecule has 1 aromatic carbocycles. The summed E-state index contributed by atoms with van der Waals surface area (Å²) < 4.78 is 7.44. The highest BCUT2D eigenvalue weighted by Crippen LogP contribution is 2.42. The number of aromatic nitrogens is 3. The third-order valence-electron chi connectivity index (χ3n) is 4.71. The van der Waals surface area contributed by atoms with Gasteiger partial charge in [-0.05, 0) is 17.7 Å². The van der Waals surface area contributed by atoms with Gasteiger partial charge < -0.3 is 14.1 Å². The van der Waals surface area contributed by atoms with Gasteiger partial charge in [-0.2, -0.15) is 0 Å². The van der Waals surface area contributed by atoms with Crippen LogP contribution in [-0.2, 0) is 0 Å². The summed E-state index contributed by atoms with van der Waals surface area (Å²) in [4.78, 5) is 8.77.